The lowest BCUT2D eigenvalue weighted by Gasteiger charge is -2.21. The van der Waals surface area contributed by atoms with Gasteiger partial charge in [0.25, 0.3) is 0 Å². The number of carbonyl (C=O) groups is 4. The molecule has 534 valence electrons. The van der Waals surface area contributed by atoms with Crippen molar-refractivity contribution in [2.45, 2.75) is 369 Å². The number of hydrogen-bond acceptors (Lipinski definition) is 15. The number of rotatable bonds is 68. The molecule has 0 aromatic rings. The van der Waals surface area contributed by atoms with E-state index in [0.717, 1.165) is 126 Å². The highest BCUT2D eigenvalue weighted by molar-refractivity contribution is 7.47. The van der Waals surface area contributed by atoms with Gasteiger partial charge in [0, 0.05) is 25.7 Å². The fourth-order valence-corrected chi connectivity index (χ4v) is 12.2. The summed E-state index contributed by atoms with van der Waals surface area (Å²) >= 11 is 0. The van der Waals surface area contributed by atoms with Gasteiger partial charge in [-0.15, -0.1) is 0 Å². The van der Waals surface area contributed by atoms with Crippen molar-refractivity contribution in [3.63, 3.8) is 0 Å². The smallest absolute Gasteiger partial charge is 0.462 e. The Morgan fingerprint density at radius 1 is 0.311 bits per heavy atom. The predicted molar refractivity (Wildman–Crippen MR) is 363 cm³/mol. The van der Waals surface area contributed by atoms with Crippen LogP contribution in [0.5, 0.6) is 0 Å². The van der Waals surface area contributed by atoms with Gasteiger partial charge < -0.3 is 33.8 Å². The quantitative estimate of drug-likeness (QED) is 0.0222. The van der Waals surface area contributed by atoms with Gasteiger partial charge in [0.15, 0.2) is 12.2 Å². The van der Waals surface area contributed by atoms with E-state index < -0.39 is 97.5 Å². The fourth-order valence-electron chi connectivity index (χ4n) is 10.6. The summed E-state index contributed by atoms with van der Waals surface area (Å²) in [5.41, 5.74) is 0. The zero-order valence-electron chi connectivity index (χ0n) is 58.8. The molecule has 4 unspecified atom stereocenters. The van der Waals surface area contributed by atoms with Crippen LogP contribution in [0, 0.1) is 23.7 Å². The van der Waals surface area contributed by atoms with E-state index in [1.54, 1.807) is 0 Å². The zero-order chi connectivity index (χ0) is 66.8. The van der Waals surface area contributed by atoms with Crippen LogP contribution in [-0.2, 0) is 65.4 Å². The van der Waals surface area contributed by atoms with Gasteiger partial charge in [-0.1, -0.05) is 299 Å². The van der Waals surface area contributed by atoms with Crippen molar-refractivity contribution in [3.05, 3.63) is 0 Å². The lowest BCUT2D eigenvalue weighted by molar-refractivity contribution is -0.161. The molecule has 0 radical (unpaired) electrons. The number of phosphoric ester groups is 2. The van der Waals surface area contributed by atoms with E-state index in [4.69, 9.17) is 37.0 Å². The number of aliphatic hydroxyl groups is 1. The number of aliphatic hydroxyl groups excluding tert-OH is 1. The Hall–Kier alpha value is -1.94. The minimum Gasteiger partial charge on any atom is -0.462 e. The standard InChI is InChI=1S/C71H138O17P2/c1-9-63(7)49-41-33-27-29-35-43-51-68(73)81-57-66(87-70(75)53-45-37-25-20-18-16-14-12-11-13-15-17-19-23-31-39-47-61(3)4)59-85-89(77,78)83-55-65(72)56-84-90(79,80)86-60-67(58-82-69(74)52-44-36-30-28-34-42-50-64(8)10-2)88-71(76)54-46-38-26-22-21-24-32-40-48-62(5)6/h61-67,72H,9-60H2,1-8H3,(H,77,78)(H,79,80)/t63?,64?,65-,66+,67+/m0/s1. The van der Waals surface area contributed by atoms with Crippen LogP contribution >= 0.6 is 15.6 Å². The Morgan fingerprint density at radius 2 is 0.533 bits per heavy atom. The molecule has 0 aliphatic rings. The maximum Gasteiger partial charge on any atom is 0.472 e. The molecule has 7 atom stereocenters. The Morgan fingerprint density at radius 3 is 0.789 bits per heavy atom. The zero-order valence-corrected chi connectivity index (χ0v) is 60.6. The van der Waals surface area contributed by atoms with Crippen LogP contribution in [0.3, 0.4) is 0 Å². The van der Waals surface area contributed by atoms with E-state index >= 15 is 0 Å². The molecule has 0 spiro atoms. The van der Waals surface area contributed by atoms with Gasteiger partial charge in [-0.05, 0) is 49.4 Å². The first-order valence-corrected chi connectivity index (χ1v) is 39.8. The van der Waals surface area contributed by atoms with Gasteiger partial charge in [0.1, 0.15) is 19.3 Å². The Labute approximate surface area is 549 Å². The van der Waals surface area contributed by atoms with E-state index in [1.165, 1.54) is 141 Å². The van der Waals surface area contributed by atoms with Gasteiger partial charge in [-0.25, -0.2) is 9.13 Å². The first-order valence-electron chi connectivity index (χ1n) is 36.8. The molecule has 0 bridgehead atoms. The molecule has 0 aliphatic carbocycles. The van der Waals surface area contributed by atoms with E-state index in [1.807, 2.05) is 0 Å². The second kappa shape index (κ2) is 60.7. The fraction of sp³-hybridized carbons (Fsp3) is 0.944. The molecule has 0 amide bonds. The van der Waals surface area contributed by atoms with Crippen molar-refractivity contribution in [1.29, 1.82) is 0 Å². The van der Waals surface area contributed by atoms with Crippen molar-refractivity contribution in [2.75, 3.05) is 39.6 Å². The lowest BCUT2D eigenvalue weighted by Crippen LogP contribution is -2.30. The number of ether oxygens (including phenoxy) is 4. The first-order chi connectivity index (χ1) is 43.2. The Bertz CT molecular complexity index is 1790. The molecule has 0 fully saturated rings. The molecular weight excluding hydrogens is 1190 g/mol. The van der Waals surface area contributed by atoms with Crippen LogP contribution in [-0.4, -0.2) is 96.7 Å². The molecule has 0 aliphatic heterocycles. The van der Waals surface area contributed by atoms with E-state index in [0.29, 0.717) is 25.7 Å². The monoisotopic (exact) mass is 1320 g/mol. The van der Waals surface area contributed by atoms with Crippen LogP contribution in [0.4, 0.5) is 0 Å². The molecule has 19 heteroatoms. The van der Waals surface area contributed by atoms with Gasteiger partial charge in [-0.2, -0.15) is 0 Å². The number of hydrogen-bond donors (Lipinski definition) is 3. The predicted octanol–water partition coefficient (Wildman–Crippen LogP) is 20.1. The molecule has 3 N–H and O–H groups in total. The highest BCUT2D eigenvalue weighted by Gasteiger charge is 2.30. The van der Waals surface area contributed by atoms with Crippen LogP contribution in [0.1, 0.15) is 351 Å². The van der Waals surface area contributed by atoms with E-state index in [2.05, 4.69) is 55.4 Å². The van der Waals surface area contributed by atoms with E-state index in [9.17, 15) is 43.2 Å². The minimum atomic E-state index is -4.95. The number of unbranched alkanes of at least 4 members (excludes halogenated alkanes) is 32. The largest absolute Gasteiger partial charge is 0.472 e. The molecule has 0 aromatic heterocycles. The summed E-state index contributed by atoms with van der Waals surface area (Å²) in [7, 11) is -9.90. The molecule has 90 heavy (non-hydrogen) atoms. The number of phosphoric acid groups is 2. The molecule has 0 saturated carbocycles. The van der Waals surface area contributed by atoms with E-state index in [-0.39, 0.29) is 25.7 Å². The third kappa shape index (κ3) is 62.2. The normalized spacial score (nSPS) is 14.9. The minimum absolute atomic E-state index is 0.103. The van der Waals surface area contributed by atoms with Crippen LogP contribution in [0.25, 0.3) is 0 Å². The first kappa shape index (κ1) is 88.1. The third-order valence-electron chi connectivity index (χ3n) is 17.0. The van der Waals surface area contributed by atoms with Crippen molar-refractivity contribution in [3.8, 4) is 0 Å². The van der Waals surface area contributed by atoms with Gasteiger partial charge in [-0.3, -0.25) is 37.3 Å². The van der Waals surface area contributed by atoms with Gasteiger partial charge in [0.05, 0.1) is 26.4 Å². The summed E-state index contributed by atoms with van der Waals surface area (Å²) in [5, 5.41) is 10.6. The molecule has 0 saturated heterocycles. The number of esters is 4. The maximum absolute atomic E-state index is 13.0. The summed E-state index contributed by atoms with van der Waals surface area (Å²) in [5.74, 6) is 0.857. The second-order valence-electron chi connectivity index (χ2n) is 27.1. The lowest BCUT2D eigenvalue weighted by atomic mass is 10.00. The van der Waals surface area contributed by atoms with Crippen LogP contribution in [0.2, 0.25) is 0 Å². The SMILES string of the molecule is CCC(C)CCCCCCCCC(=O)OC[C@H](COP(=O)(O)OC[C@H](O)COP(=O)(O)OC[C@@H](COC(=O)CCCCCCCCC(C)CC)OC(=O)CCCCCCCCCCC(C)C)OC(=O)CCCCCCCCCCCCCCCCCCC(C)C. The summed E-state index contributed by atoms with van der Waals surface area (Å²) in [6, 6.07) is 0. The molecule has 0 aromatic carbocycles. The summed E-state index contributed by atoms with van der Waals surface area (Å²) in [6.45, 7) is 14.1. The molecule has 0 heterocycles. The Kier molecular flexibility index (Phi) is 59.4. The highest BCUT2D eigenvalue weighted by atomic mass is 31.2. The van der Waals surface area contributed by atoms with Gasteiger partial charge in [0.2, 0.25) is 0 Å². The third-order valence-corrected chi connectivity index (χ3v) is 18.9. The topological polar surface area (TPSA) is 237 Å². The molecule has 0 rings (SSSR count). The highest BCUT2D eigenvalue weighted by Crippen LogP contribution is 2.45. The average Bonchev–Trinajstić information content (AvgIpc) is 3.15. The summed E-state index contributed by atoms with van der Waals surface area (Å²) in [6.07, 6.45) is 43.2. The van der Waals surface area contributed by atoms with Crippen molar-refractivity contribution < 1.29 is 80.2 Å². The molecule has 17 nitrogen and oxygen atoms in total. The van der Waals surface area contributed by atoms with Crippen molar-refractivity contribution in [2.24, 2.45) is 23.7 Å². The van der Waals surface area contributed by atoms with Gasteiger partial charge >= 0.3 is 39.5 Å². The molecular formula is C71H138O17P2. The van der Waals surface area contributed by atoms with Crippen LogP contribution < -0.4 is 0 Å². The number of carbonyl (C=O) groups excluding carboxylic acids is 4. The van der Waals surface area contributed by atoms with Crippen molar-refractivity contribution >= 4 is 39.5 Å². The van der Waals surface area contributed by atoms with Crippen molar-refractivity contribution in [1.82, 2.24) is 0 Å². The summed E-state index contributed by atoms with van der Waals surface area (Å²) in [4.78, 5) is 72.5. The maximum atomic E-state index is 13.0. The Balaban J connectivity index is 5.21. The summed E-state index contributed by atoms with van der Waals surface area (Å²) < 4.78 is 68.3. The second-order valence-corrected chi connectivity index (χ2v) is 30.0. The van der Waals surface area contributed by atoms with Crippen LogP contribution in [0.15, 0.2) is 0 Å². The average molecular weight is 1330 g/mol.